The Balaban J connectivity index is 2.05. The monoisotopic (exact) mass is 350 g/mol. The van der Waals surface area contributed by atoms with Crippen molar-refractivity contribution in [3.63, 3.8) is 0 Å². The van der Waals surface area contributed by atoms with Crippen LogP contribution in [0.4, 0.5) is 4.39 Å². The van der Waals surface area contributed by atoms with E-state index in [0.29, 0.717) is 17.9 Å². The Morgan fingerprint density at radius 1 is 1.16 bits per heavy atom. The van der Waals surface area contributed by atoms with E-state index in [4.69, 9.17) is 4.74 Å². The van der Waals surface area contributed by atoms with E-state index in [1.807, 2.05) is 0 Å². The average Bonchev–Trinajstić information content (AvgIpc) is 3.38. The number of benzene rings is 1. The molecule has 0 heterocycles. The van der Waals surface area contributed by atoms with Crippen LogP contribution in [0.3, 0.4) is 0 Å². The van der Waals surface area contributed by atoms with Crippen LogP contribution in [0.15, 0.2) is 24.3 Å². The first-order valence-electron chi connectivity index (χ1n) is 8.28. The van der Waals surface area contributed by atoms with Gasteiger partial charge in [-0.05, 0) is 30.0 Å². The SMILES string of the molecule is COC(=O)[C@H](CC1CC1)NC(=O)[C@@H](Cc1ccc(F)cc1)NC(C)=O. The van der Waals surface area contributed by atoms with Crippen molar-refractivity contribution in [1.29, 1.82) is 0 Å². The molecule has 1 saturated carbocycles. The van der Waals surface area contributed by atoms with E-state index >= 15 is 0 Å². The third-order valence-corrected chi connectivity index (χ3v) is 4.12. The van der Waals surface area contributed by atoms with Gasteiger partial charge >= 0.3 is 5.97 Å². The van der Waals surface area contributed by atoms with Crippen LogP contribution in [0.25, 0.3) is 0 Å². The molecule has 25 heavy (non-hydrogen) atoms. The van der Waals surface area contributed by atoms with E-state index in [0.717, 1.165) is 12.8 Å². The Kier molecular flexibility index (Phi) is 6.50. The summed E-state index contributed by atoms with van der Waals surface area (Å²) in [5.41, 5.74) is 0.701. The molecule has 0 bridgehead atoms. The largest absolute Gasteiger partial charge is 0.467 e. The second kappa shape index (κ2) is 8.60. The molecule has 1 aromatic rings. The molecule has 6 nitrogen and oxygen atoms in total. The number of rotatable bonds is 8. The second-order valence-electron chi connectivity index (χ2n) is 6.35. The van der Waals surface area contributed by atoms with Crippen LogP contribution in [-0.4, -0.2) is 37.0 Å². The zero-order chi connectivity index (χ0) is 18.4. The number of carbonyl (C=O) groups is 3. The molecule has 0 saturated heterocycles. The molecule has 0 aliphatic heterocycles. The van der Waals surface area contributed by atoms with Crippen LogP contribution in [0.1, 0.15) is 31.7 Å². The van der Waals surface area contributed by atoms with Gasteiger partial charge in [0.25, 0.3) is 0 Å². The number of esters is 1. The lowest BCUT2D eigenvalue weighted by Gasteiger charge is -2.22. The number of amides is 2. The lowest BCUT2D eigenvalue weighted by molar-refractivity contribution is -0.145. The van der Waals surface area contributed by atoms with Crippen LogP contribution in [0.2, 0.25) is 0 Å². The predicted octanol–water partition coefficient (Wildman–Crippen LogP) is 1.33. The number of methoxy groups -OCH3 is 1. The van der Waals surface area contributed by atoms with Gasteiger partial charge in [0.05, 0.1) is 7.11 Å². The van der Waals surface area contributed by atoms with Crippen LogP contribution in [0, 0.1) is 11.7 Å². The Labute approximate surface area is 146 Å². The molecule has 1 aromatic carbocycles. The maximum atomic E-state index is 13.0. The fourth-order valence-corrected chi connectivity index (χ4v) is 2.63. The molecule has 2 N–H and O–H groups in total. The van der Waals surface area contributed by atoms with Gasteiger partial charge in [0.15, 0.2) is 0 Å². The lowest BCUT2D eigenvalue weighted by atomic mass is 10.0. The van der Waals surface area contributed by atoms with E-state index < -0.39 is 24.0 Å². The first-order valence-corrected chi connectivity index (χ1v) is 8.28. The molecular weight excluding hydrogens is 327 g/mol. The minimum Gasteiger partial charge on any atom is -0.467 e. The van der Waals surface area contributed by atoms with Gasteiger partial charge in [-0.25, -0.2) is 9.18 Å². The van der Waals surface area contributed by atoms with Crippen LogP contribution >= 0.6 is 0 Å². The van der Waals surface area contributed by atoms with Crippen molar-refractivity contribution < 1.29 is 23.5 Å². The van der Waals surface area contributed by atoms with Gasteiger partial charge in [0.1, 0.15) is 17.9 Å². The topological polar surface area (TPSA) is 84.5 Å². The van der Waals surface area contributed by atoms with Gasteiger partial charge in [-0.3, -0.25) is 9.59 Å². The number of carbonyl (C=O) groups excluding carboxylic acids is 3. The summed E-state index contributed by atoms with van der Waals surface area (Å²) < 4.78 is 17.8. The highest BCUT2D eigenvalue weighted by molar-refractivity contribution is 5.90. The minimum absolute atomic E-state index is 0.197. The third-order valence-electron chi connectivity index (χ3n) is 4.12. The molecule has 0 aromatic heterocycles. The van der Waals surface area contributed by atoms with Crippen molar-refractivity contribution in [3.05, 3.63) is 35.6 Å². The van der Waals surface area contributed by atoms with E-state index in [-0.39, 0.29) is 18.1 Å². The first-order chi connectivity index (χ1) is 11.9. The predicted molar refractivity (Wildman–Crippen MR) is 89.0 cm³/mol. The van der Waals surface area contributed by atoms with Gasteiger partial charge in [0, 0.05) is 13.3 Å². The summed E-state index contributed by atoms with van der Waals surface area (Å²) in [6.07, 6.45) is 2.80. The Morgan fingerprint density at radius 3 is 2.32 bits per heavy atom. The van der Waals surface area contributed by atoms with Crippen molar-refractivity contribution >= 4 is 17.8 Å². The molecule has 2 atom stereocenters. The van der Waals surface area contributed by atoms with Crippen molar-refractivity contribution in [3.8, 4) is 0 Å². The number of ether oxygens (including phenoxy) is 1. The van der Waals surface area contributed by atoms with Crippen molar-refractivity contribution in [2.24, 2.45) is 5.92 Å². The van der Waals surface area contributed by atoms with Crippen LogP contribution in [-0.2, 0) is 25.5 Å². The van der Waals surface area contributed by atoms with Crippen molar-refractivity contribution in [1.82, 2.24) is 10.6 Å². The van der Waals surface area contributed by atoms with E-state index in [2.05, 4.69) is 10.6 Å². The molecule has 2 rings (SSSR count). The van der Waals surface area contributed by atoms with E-state index in [9.17, 15) is 18.8 Å². The Bertz CT molecular complexity index is 628. The summed E-state index contributed by atoms with van der Waals surface area (Å²) in [4.78, 5) is 35.9. The summed E-state index contributed by atoms with van der Waals surface area (Å²) >= 11 is 0. The fraction of sp³-hybridized carbons (Fsp3) is 0.500. The first kappa shape index (κ1) is 18.9. The summed E-state index contributed by atoms with van der Waals surface area (Å²) in [5, 5.41) is 5.25. The summed E-state index contributed by atoms with van der Waals surface area (Å²) in [5.74, 6) is -1.28. The average molecular weight is 350 g/mol. The lowest BCUT2D eigenvalue weighted by Crippen LogP contribution is -2.52. The van der Waals surface area contributed by atoms with E-state index in [1.54, 1.807) is 12.1 Å². The number of hydrogen-bond acceptors (Lipinski definition) is 4. The zero-order valence-corrected chi connectivity index (χ0v) is 14.4. The molecule has 2 amide bonds. The maximum absolute atomic E-state index is 13.0. The van der Waals surface area contributed by atoms with Crippen molar-refractivity contribution in [2.45, 2.75) is 44.7 Å². The summed E-state index contributed by atoms with van der Waals surface area (Å²) in [7, 11) is 1.28. The molecule has 0 spiro atoms. The second-order valence-corrected chi connectivity index (χ2v) is 6.35. The number of hydrogen-bond donors (Lipinski definition) is 2. The zero-order valence-electron chi connectivity index (χ0n) is 14.4. The van der Waals surface area contributed by atoms with Crippen molar-refractivity contribution in [2.75, 3.05) is 7.11 Å². The summed E-state index contributed by atoms with van der Waals surface area (Å²) in [6.45, 7) is 1.31. The van der Waals surface area contributed by atoms with Crippen LogP contribution in [0.5, 0.6) is 0 Å². The van der Waals surface area contributed by atoms with Gasteiger partial charge in [-0.1, -0.05) is 25.0 Å². The highest BCUT2D eigenvalue weighted by Crippen LogP contribution is 2.33. The van der Waals surface area contributed by atoms with Gasteiger partial charge < -0.3 is 15.4 Å². The molecule has 0 unspecified atom stereocenters. The summed E-state index contributed by atoms with van der Waals surface area (Å²) in [6, 6.07) is 4.12. The standard InChI is InChI=1S/C18H23FN2O4/c1-11(22)20-15(9-13-5-7-14(19)8-6-13)17(23)21-16(18(24)25-2)10-12-3-4-12/h5-8,12,15-16H,3-4,9-10H2,1-2H3,(H,20,22)(H,21,23)/t15-,16+/m1/s1. The molecule has 136 valence electrons. The fourth-order valence-electron chi connectivity index (χ4n) is 2.63. The Morgan fingerprint density at radius 2 is 1.80 bits per heavy atom. The molecule has 1 aliphatic rings. The molecule has 0 radical (unpaired) electrons. The van der Waals surface area contributed by atoms with Gasteiger partial charge in [-0.2, -0.15) is 0 Å². The maximum Gasteiger partial charge on any atom is 0.328 e. The Hall–Kier alpha value is -2.44. The highest BCUT2D eigenvalue weighted by Gasteiger charge is 2.32. The number of halogens is 1. The smallest absolute Gasteiger partial charge is 0.328 e. The van der Waals surface area contributed by atoms with Gasteiger partial charge in [0.2, 0.25) is 11.8 Å². The highest BCUT2D eigenvalue weighted by atomic mass is 19.1. The molecule has 1 fully saturated rings. The van der Waals surface area contributed by atoms with Crippen LogP contribution < -0.4 is 10.6 Å². The molecule has 1 aliphatic carbocycles. The third kappa shape index (κ3) is 6.17. The molecular formula is C18H23FN2O4. The quantitative estimate of drug-likeness (QED) is 0.693. The van der Waals surface area contributed by atoms with E-state index in [1.165, 1.54) is 26.2 Å². The van der Waals surface area contributed by atoms with Gasteiger partial charge in [-0.15, -0.1) is 0 Å². The number of nitrogens with one attached hydrogen (secondary N) is 2. The minimum atomic E-state index is -0.852. The normalized spacial score (nSPS) is 15.8. The molecule has 7 heteroatoms.